The van der Waals surface area contributed by atoms with Crippen molar-refractivity contribution in [1.29, 1.82) is 0 Å². The van der Waals surface area contributed by atoms with Crippen LogP contribution in [0, 0.1) is 0 Å². The fraction of sp³-hybridized carbons (Fsp3) is 0.700. The third-order valence-corrected chi connectivity index (χ3v) is 4.78. The van der Waals surface area contributed by atoms with Gasteiger partial charge in [-0.25, -0.2) is 0 Å². The highest BCUT2D eigenvalue weighted by molar-refractivity contribution is 6.30. The summed E-state index contributed by atoms with van der Waals surface area (Å²) in [6.45, 7) is 15.1. The van der Waals surface area contributed by atoms with Crippen molar-refractivity contribution in [2.75, 3.05) is 26.2 Å². The lowest BCUT2D eigenvalue weighted by Gasteiger charge is -2.32. The van der Waals surface area contributed by atoms with Gasteiger partial charge in [0, 0.05) is 10.6 Å². The van der Waals surface area contributed by atoms with Gasteiger partial charge in [0.1, 0.15) is 31.0 Å². The summed E-state index contributed by atoms with van der Waals surface area (Å²) < 4.78 is 11.9. The van der Waals surface area contributed by atoms with E-state index in [0.29, 0.717) is 12.2 Å². The molecule has 1 aromatic rings. The van der Waals surface area contributed by atoms with Gasteiger partial charge in [0.2, 0.25) is 0 Å². The lowest BCUT2D eigenvalue weighted by atomic mass is 9.86. The van der Waals surface area contributed by atoms with Crippen molar-refractivity contribution >= 4 is 11.6 Å². The normalized spacial score (nSPS) is 24.8. The first-order chi connectivity index (χ1) is 11.3. The third-order valence-electron chi connectivity index (χ3n) is 4.55. The van der Waals surface area contributed by atoms with Gasteiger partial charge in [-0.1, -0.05) is 32.4 Å². The molecular formula is C20H33ClNO2+. The fourth-order valence-corrected chi connectivity index (χ4v) is 3.64. The highest BCUT2D eigenvalue weighted by atomic mass is 35.5. The fourth-order valence-electron chi connectivity index (χ4n) is 3.47. The number of unbranched alkanes of at least 4 members (excludes halogenated alkanes) is 1. The van der Waals surface area contributed by atoms with Crippen molar-refractivity contribution in [2.45, 2.75) is 65.1 Å². The first-order valence-corrected chi connectivity index (χ1v) is 9.55. The Balaban J connectivity index is 1.77. The molecule has 1 aromatic carbocycles. The molecule has 1 aliphatic rings. The van der Waals surface area contributed by atoms with Gasteiger partial charge in [0.05, 0.1) is 13.2 Å². The average Bonchev–Trinajstić information content (AvgIpc) is 2.46. The molecule has 1 fully saturated rings. The molecule has 0 unspecified atom stereocenters. The second-order valence-electron chi connectivity index (χ2n) is 8.11. The van der Waals surface area contributed by atoms with E-state index in [9.17, 15) is 0 Å². The predicted octanol–water partition coefficient (Wildman–Crippen LogP) is 3.49. The molecule has 1 heterocycles. The predicted molar refractivity (Wildman–Crippen MR) is 100 cm³/mol. The summed E-state index contributed by atoms with van der Waals surface area (Å²) >= 11 is 6.15. The van der Waals surface area contributed by atoms with Crippen molar-refractivity contribution in [3.05, 3.63) is 28.8 Å². The van der Waals surface area contributed by atoms with Crippen LogP contribution < -0.4 is 9.64 Å². The van der Waals surface area contributed by atoms with Gasteiger partial charge < -0.3 is 14.4 Å². The molecule has 0 bridgehead atoms. The van der Waals surface area contributed by atoms with Crippen LogP contribution in [0.4, 0.5) is 0 Å². The Labute approximate surface area is 152 Å². The summed E-state index contributed by atoms with van der Waals surface area (Å²) in [5.74, 6) is 0.966. The van der Waals surface area contributed by atoms with E-state index in [1.54, 1.807) is 4.90 Å². The van der Waals surface area contributed by atoms with E-state index in [0.717, 1.165) is 36.9 Å². The molecule has 0 aromatic heterocycles. The van der Waals surface area contributed by atoms with Gasteiger partial charge in [-0.15, -0.1) is 0 Å². The van der Waals surface area contributed by atoms with E-state index in [2.05, 4.69) is 34.6 Å². The van der Waals surface area contributed by atoms with E-state index >= 15 is 0 Å². The molecule has 1 aliphatic heterocycles. The smallest absolute Gasteiger partial charge is 0.123 e. The Hall–Kier alpha value is -0.770. The molecule has 0 spiro atoms. The lowest BCUT2D eigenvalue weighted by Crippen LogP contribution is -3.15. The van der Waals surface area contributed by atoms with Crippen LogP contribution in [0.5, 0.6) is 5.75 Å². The molecule has 136 valence electrons. The van der Waals surface area contributed by atoms with Crippen LogP contribution in [-0.4, -0.2) is 38.4 Å². The summed E-state index contributed by atoms with van der Waals surface area (Å²) in [6.07, 6.45) is 3.03. The minimum atomic E-state index is 0.0322. The quantitative estimate of drug-likeness (QED) is 0.790. The van der Waals surface area contributed by atoms with Gasteiger partial charge in [0.15, 0.2) is 0 Å². The lowest BCUT2D eigenvalue weighted by molar-refractivity contribution is -0.915. The summed E-state index contributed by atoms with van der Waals surface area (Å²) in [5, 5.41) is 0.770. The van der Waals surface area contributed by atoms with Gasteiger partial charge in [0.25, 0.3) is 0 Å². The molecule has 1 saturated heterocycles. The number of rotatable bonds is 6. The van der Waals surface area contributed by atoms with E-state index in [1.807, 2.05) is 18.2 Å². The first kappa shape index (κ1) is 19.6. The molecule has 0 amide bonds. The minimum Gasteiger partial charge on any atom is -0.493 e. The number of halogens is 1. The van der Waals surface area contributed by atoms with Crippen molar-refractivity contribution in [1.82, 2.24) is 0 Å². The van der Waals surface area contributed by atoms with Crippen molar-refractivity contribution in [3.63, 3.8) is 0 Å². The molecule has 2 rings (SSSR count). The number of hydrogen-bond acceptors (Lipinski definition) is 2. The highest BCUT2D eigenvalue weighted by Crippen LogP contribution is 2.33. The van der Waals surface area contributed by atoms with Crippen LogP contribution in [0.25, 0.3) is 0 Å². The summed E-state index contributed by atoms with van der Waals surface area (Å²) in [6, 6.07) is 5.93. The number of quaternary nitrogens is 1. The number of morpholine rings is 1. The second-order valence-corrected chi connectivity index (χ2v) is 8.55. The Morgan fingerprint density at radius 2 is 1.83 bits per heavy atom. The van der Waals surface area contributed by atoms with Gasteiger partial charge in [-0.05, 0) is 50.3 Å². The monoisotopic (exact) mass is 354 g/mol. The second kappa shape index (κ2) is 8.55. The van der Waals surface area contributed by atoms with E-state index in [-0.39, 0.29) is 5.41 Å². The summed E-state index contributed by atoms with van der Waals surface area (Å²) in [4.78, 5) is 1.66. The maximum Gasteiger partial charge on any atom is 0.123 e. The molecule has 24 heavy (non-hydrogen) atoms. The average molecular weight is 355 g/mol. The summed E-state index contributed by atoms with van der Waals surface area (Å²) in [7, 11) is 0. The van der Waals surface area contributed by atoms with Gasteiger partial charge >= 0.3 is 0 Å². The van der Waals surface area contributed by atoms with Crippen molar-refractivity contribution in [3.8, 4) is 5.75 Å². The highest BCUT2D eigenvalue weighted by Gasteiger charge is 2.25. The van der Waals surface area contributed by atoms with Crippen molar-refractivity contribution < 1.29 is 14.4 Å². The number of ether oxygens (including phenoxy) is 2. The zero-order chi connectivity index (χ0) is 17.7. The van der Waals surface area contributed by atoms with Gasteiger partial charge in [-0.2, -0.15) is 0 Å². The maximum absolute atomic E-state index is 6.15. The topological polar surface area (TPSA) is 22.9 Å². The van der Waals surface area contributed by atoms with Crippen molar-refractivity contribution in [2.24, 2.45) is 0 Å². The third kappa shape index (κ3) is 5.94. The van der Waals surface area contributed by atoms with E-state index < -0.39 is 0 Å². The molecular weight excluding hydrogens is 322 g/mol. The van der Waals surface area contributed by atoms with Crippen LogP contribution in [0.2, 0.25) is 5.02 Å². The number of benzene rings is 1. The molecule has 4 heteroatoms. The zero-order valence-corrected chi connectivity index (χ0v) is 16.6. The Morgan fingerprint density at radius 1 is 1.17 bits per heavy atom. The zero-order valence-electron chi connectivity index (χ0n) is 15.8. The van der Waals surface area contributed by atoms with Crippen LogP contribution in [0.1, 0.15) is 53.0 Å². The van der Waals surface area contributed by atoms with Crippen LogP contribution in [0.3, 0.4) is 0 Å². The molecule has 2 atom stereocenters. The van der Waals surface area contributed by atoms with E-state index in [1.165, 1.54) is 18.5 Å². The first-order valence-electron chi connectivity index (χ1n) is 9.17. The van der Waals surface area contributed by atoms with Crippen LogP contribution in [-0.2, 0) is 10.2 Å². The summed E-state index contributed by atoms with van der Waals surface area (Å²) in [5.41, 5.74) is 1.21. The standard InChI is InChI=1S/C20H32ClNO2/c1-15-13-22(14-16(2)24-15)10-6-7-11-23-19-9-8-17(21)12-18(19)20(3,4)5/h8-9,12,15-16H,6-7,10-11,13-14H2,1-5H3/p+1/t15-,16-/m1/s1. The SMILES string of the molecule is C[C@@H]1C[NH+](CCCCOc2ccc(Cl)cc2C(C)(C)C)C[C@@H](C)O1. The number of hydrogen-bond donors (Lipinski definition) is 1. The Morgan fingerprint density at radius 3 is 2.46 bits per heavy atom. The number of nitrogens with one attached hydrogen (secondary N) is 1. The largest absolute Gasteiger partial charge is 0.493 e. The van der Waals surface area contributed by atoms with E-state index in [4.69, 9.17) is 21.1 Å². The van der Waals surface area contributed by atoms with Crippen LogP contribution in [0.15, 0.2) is 18.2 Å². The van der Waals surface area contributed by atoms with Gasteiger partial charge in [-0.3, -0.25) is 0 Å². The maximum atomic E-state index is 6.15. The Bertz CT molecular complexity index is 517. The Kier molecular flexibility index (Phi) is 6.97. The van der Waals surface area contributed by atoms with Crippen LogP contribution >= 0.6 is 11.6 Å². The molecule has 0 saturated carbocycles. The molecule has 3 nitrogen and oxygen atoms in total. The molecule has 1 N–H and O–H groups in total. The molecule has 0 aliphatic carbocycles. The molecule has 0 radical (unpaired) electrons. The minimum absolute atomic E-state index is 0.0322.